The first-order valence-electron chi connectivity index (χ1n) is 12.3. The number of anilines is 2. The number of carboxylic acid groups (broad SMARTS) is 1. The van der Waals surface area contributed by atoms with Gasteiger partial charge in [0.15, 0.2) is 5.78 Å². The van der Waals surface area contributed by atoms with Gasteiger partial charge in [-0.25, -0.2) is 18.9 Å². The summed E-state index contributed by atoms with van der Waals surface area (Å²) < 4.78 is 21.5. The van der Waals surface area contributed by atoms with Crippen LogP contribution in [0.3, 0.4) is 0 Å². The lowest BCUT2D eigenvalue weighted by atomic mass is 9.98. The van der Waals surface area contributed by atoms with Gasteiger partial charge in [-0.1, -0.05) is 30.3 Å². The van der Waals surface area contributed by atoms with E-state index in [0.717, 1.165) is 11.1 Å². The van der Waals surface area contributed by atoms with Crippen molar-refractivity contribution in [3.63, 3.8) is 0 Å². The molecule has 9 heteroatoms. The maximum Gasteiger partial charge on any atom is 0.335 e. The van der Waals surface area contributed by atoms with Gasteiger partial charge in [0.05, 0.1) is 5.56 Å². The Labute approximate surface area is 220 Å². The van der Waals surface area contributed by atoms with E-state index >= 15 is 4.39 Å². The van der Waals surface area contributed by atoms with E-state index < -0.39 is 17.5 Å². The molecule has 4 rings (SSSR count). The molecule has 1 saturated heterocycles. The number of carbonyl (C=O) groups excluding carboxylic acids is 2. The van der Waals surface area contributed by atoms with Crippen LogP contribution in [0.5, 0.6) is 5.75 Å². The second-order valence-corrected chi connectivity index (χ2v) is 9.37. The van der Waals surface area contributed by atoms with Crippen LogP contribution in [0.15, 0.2) is 66.7 Å². The van der Waals surface area contributed by atoms with E-state index in [1.54, 1.807) is 18.2 Å². The van der Waals surface area contributed by atoms with E-state index in [-0.39, 0.29) is 31.2 Å². The summed E-state index contributed by atoms with van der Waals surface area (Å²) in [5.74, 6) is -3.37. The smallest absolute Gasteiger partial charge is 0.335 e. The number of carbonyl (C=O) groups is 3. The number of benzene rings is 3. The molecule has 1 atom stereocenters. The van der Waals surface area contributed by atoms with Crippen LogP contribution >= 0.6 is 0 Å². The maximum atomic E-state index is 15.9. The topological polar surface area (TPSA) is 108 Å². The van der Waals surface area contributed by atoms with Gasteiger partial charge in [0.25, 0.3) is 0 Å². The first-order chi connectivity index (χ1) is 18.2. The van der Waals surface area contributed by atoms with Crippen LogP contribution in [-0.4, -0.2) is 46.9 Å². The van der Waals surface area contributed by atoms with Gasteiger partial charge in [-0.15, -0.1) is 0 Å². The van der Waals surface area contributed by atoms with Crippen LogP contribution in [0.25, 0.3) is 0 Å². The molecule has 198 valence electrons. The number of ketones is 1. The monoisotopic (exact) mass is 519 g/mol. The molecule has 1 fully saturated rings. The van der Waals surface area contributed by atoms with Gasteiger partial charge in [-0.3, -0.25) is 4.79 Å². The lowest BCUT2D eigenvalue weighted by Crippen LogP contribution is -2.49. The number of amides is 2. The summed E-state index contributed by atoms with van der Waals surface area (Å²) in [6.07, 6.45) is 0.489. The minimum atomic E-state index is -2.15. The van der Waals surface area contributed by atoms with E-state index in [2.05, 4.69) is 10.6 Å². The van der Waals surface area contributed by atoms with Gasteiger partial charge in [0, 0.05) is 30.8 Å². The van der Waals surface area contributed by atoms with Crippen molar-refractivity contribution >= 4 is 29.2 Å². The largest absolute Gasteiger partial charge is 0.478 e. The summed E-state index contributed by atoms with van der Waals surface area (Å²) in [6, 6.07) is 18.1. The Balaban J connectivity index is 1.35. The minimum absolute atomic E-state index is 0.0742. The number of aryl methyl sites for hydroxylation is 2. The average Bonchev–Trinajstić information content (AvgIpc) is 3.27. The summed E-state index contributed by atoms with van der Waals surface area (Å²) in [4.78, 5) is 37.9. The molecule has 1 heterocycles. The predicted molar refractivity (Wildman–Crippen MR) is 142 cm³/mol. The highest BCUT2D eigenvalue weighted by Crippen LogP contribution is 2.33. The number of urea groups is 1. The molecule has 2 amide bonds. The number of Topliss-reactive ketones (excluding diaryl/α,β-unsaturated/α-hetero) is 1. The van der Waals surface area contributed by atoms with Crippen molar-refractivity contribution in [3.8, 4) is 5.75 Å². The molecular formula is C29H30FN3O5. The highest BCUT2D eigenvalue weighted by molar-refractivity contribution is 6.00. The highest BCUT2D eigenvalue weighted by atomic mass is 19.1. The molecule has 0 radical (unpaired) electrons. The van der Waals surface area contributed by atoms with Gasteiger partial charge < -0.3 is 20.5 Å². The van der Waals surface area contributed by atoms with Crippen LogP contribution in [0.1, 0.15) is 39.9 Å². The van der Waals surface area contributed by atoms with Gasteiger partial charge in [-0.2, -0.15) is 0 Å². The third kappa shape index (κ3) is 6.18. The van der Waals surface area contributed by atoms with Crippen molar-refractivity contribution < 1.29 is 28.6 Å². The maximum absolute atomic E-state index is 15.9. The molecule has 0 aliphatic carbocycles. The average molecular weight is 520 g/mol. The summed E-state index contributed by atoms with van der Waals surface area (Å²) >= 11 is 0. The van der Waals surface area contributed by atoms with Crippen molar-refractivity contribution in [2.45, 2.75) is 38.9 Å². The SMILES string of the molecule is Cc1ccccc1NC(=O)Nc1ccc(CC(=O)C2(F)CCCN2COc2ccc(C(=O)O)cc2)cc1C. The Morgan fingerprint density at radius 3 is 2.32 bits per heavy atom. The number of carboxylic acids is 1. The number of aromatic carboxylic acids is 1. The fraction of sp³-hybridized carbons (Fsp3) is 0.276. The molecule has 3 aromatic carbocycles. The lowest BCUT2D eigenvalue weighted by Gasteiger charge is -2.29. The van der Waals surface area contributed by atoms with Crippen molar-refractivity contribution in [3.05, 3.63) is 89.0 Å². The van der Waals surface area contributed by atoms with Gasteiger partial charge in [0.2, 0.25) is 5.79 Å². The van der Waals surface area contributed by atoms with Gasteiger partial charge in [-0.05, 0) is 73.4 Å². The molecule has 3 aromatic rings. The Morgan fingerprint density at radius 1 is 0.974 bits per heavy atom. The number of para-hydroxylation sites is 1. The van der Waals surface area contributed by atoms with E-state index in [1.807, 2.05) is 38.1 Å². The third-order valence-corrected chi connectivity index (χ3v) is 6.65. The Morgan fingerprint density at radius 2 is 1.66 bits per heavy atom. The number of hydrogen-bond acceptors (Lipinski definition) is 5. The molecule has 0 aromatic heterocycles. The van der Waals surface area contributed by atoms with E-state index in [0.29, 0.717) is 35.7 Å². The van der Waals surface area contributed by atoms with E-state index in [4.69, 9.17) is 9.84 Å². The number of nitrogens with one attached hydrogen (secondary N) is 2. The van der Waals surface area contributed by atoms with Crippen LogP contribution in [0.2, 0.25) is 0 Å². The normalized spacial score (nSPS) is 17.1. The zero-order valence-corrected chi connectivity index (χ0v) is 21.3. The number of halogens is 1. The molecular weight excluding hydrogens is 489 g/mol. The van der Waals surface area contributed by atoms with Crippen molar-refractivity contribution in [1.82, 2.24) is 4.90 Å². The number of ether oxygens (including phenoxy) is 1. The number of rotatable bonds is 9. The number of likely N-dealkylation sites (tertiary alicyclic amines) is 1. The Kier molecular flexibility index (Phi) is 8.07. The standard InChI is InChI=1S/C29H30FN3O5/c1-19-6-3-4-7-24(19)31-28(37)32-25-13-8-21(16-20(25)2)17-26(34)29(30)14-5-15-33(29)18-38-23-11-9-22(10-12-23)27(35)36/h3-4,6-13,16H,5,14-15,17-18H2,1-2H3,(H,35,36)(H2,31,32,37). The van der Waals surface area contributed by atoms with Gasteiger partial charge in [0.1, 0.15) is 12.5 Å². The fourth-order valence-electron chi connectivity index (χ4n) is 4.45. The Bertz CT molecular complexity index is 1340. The van der Waals surface area contributed by atoms with E-state index in [1.165, 1.54) is 29.2 Å². The predicted octanol–water partition coefficient (Wildman–Crippen LogP) is 5.56. The summed E-state index contributed by atoms with van der Waals surface area (Å²) in [7, 11) is 0. The number of hydrogen-bond donors (Lipinski definition) is 3. The van der Waals surface area contributed by atoms with Crippen molar-refractivity contribution in [1.29, 1.82) is 0 Å². The van der Waals surface area contributed by atoms with Crippen LogP contribution < -0.4 is 15.4 Å². The molecule has 3 N–H and O–H groups in total. The first kappa shape index (κ1) is 26.8. The Hall–Kier alpha value is -4.24. The molecule has 8 nitrogen and oxygen atoms in total. The molecule has 0 bridgehead atoms. The van der Waals surface area contributed by atoms with Crippen molar-refractivity contribution in [2.75, 3.05) is 23.9 Å². The molecule has 1 aliphatic heterocycles. The van der Waals surface area contributed by atoms with Gasteiger partial charge >= 0.3 is 12.0 Å². The molecule has 1 unspecified atom stereocenters. The van der Waals surface area contributed by atoms with Crippen LogP contribution in [-0.2, 0) is 11.2 Å². The molecule has 38 heavy (non-hydrogen) atoms. The second kappa shape index (κ2) is 11.4. The summed E-state index contributed by atoms with van der Waals surface area (Å²) in [6.45, 7) is 3.95. The lowest BCUT2D eigenvalue weighted by molar-refractivity contribution is -0.144. The number of alkyl halides is 1. The number of nitrogens with zero attached hydrogens (tertiary/aromatic N) is 1. The zero-order valence-electron chi connectivity index (χ0n) is 21.3. The first-order valence-corrected chi connectivity index (χ1v) is 12.3. The van der Waals surface area contributed by atoms with E-state index in [9.17, 15) is 14.4 Å². The molecule has 0 spiro atoms. The highest BCUT2D eigenvalue weighted by Gasteiger charge is 2.47. The quantitative estimate of drug-likeness (QED) is 0.320. The third-order valence-electron chi connectivity index (χ3n) is 6.65. The summed E-state index contributed by atoms with van der Waals surface area (Å²) in [5, 5.41) is 14.6. The zero-order chi connectivity index (χ0) is 27.3. The summed E-state index contributed by atoms with van der Waals surface area (Å²) in [5.41, 5.74) is 3.76. The molecule has 0 saturated carbocycles. The molecule has 1 aliphatic rings. The fourth-order valence-corrected chi connectivity index (χ4v) is 4.45. The van der Waals surface area contributed by atoms with Crippen LogP contribution in [0.4, 0.5) is 20.6 Å². The second-order valence-electron chi connectivity index (χ2n) is 9.37. The minimum Gasteiger partial charge on any atom is -0.478 e. The van der Waals surface area contributed by atoms with Crippen LogP contribution in [0, 0.1) is 13.8 Å². The van der Waals surface area contributed by atoms with Crippen molar-refractivity contribution in [2.24, 2.45) is 0 Å².